The average Bonchev–Trinajstić information content (AvgIpc) is 2.48. The van der Waals surface area contributed by atoms with Crippen molar-refractivity contribution in [3.05, 3.63) is 66.2 Å². The van der Waals surface area contributed by atoms with Crippen LogP contribution in [0.15, 0.2) is 55.1 Å². The summed E-state index contributed by atoms with van der Waals surface area (Å²) < 4.78 is 0. The zero-order chi connectivity index (χ0) is 13.7. The molecule has 0 aliphatic heterocycles. The fraction of sp³-hybridized carbons (Fsp3) is 0. The van der Waals surface area contributed by atoms with Gasteiger partial charge in [0.1, 0.15) is 0 Å². The first-order valence-electron chi connectivity index (χ1n) is 5.84. The molecule has 0 aliphatic rings. The van der Waals surface area contributed by atoms with Crippen molar-refractivity contribution in [3.8, 4) is 0 Å². The molecule has 0 aromatic heterocycles. The summed E-state index contributed by atoms with van der Waals surface area (Å²) in [4.78, 5) is 12.1. The molecule has 4 nitrogen and oxygen atoms in total. The first kappa shape index (κ1) is 12.9. The largest absolute Gasteiger partial charge is 0.324 e. The second-order valence-electron chi connectivity index (χ2n) is 3.97. The minimum absolute atomic E-state index is 0.155. The van der Waals surface area contributed by atoms with Crippen LogP contribution in [0, 0.1) is 0 Å². The molecule has 0 fully saturated rings. The molecule has 96 valence electrons. The average molecular weight is 253 g/mol. The summed E-state index contributed by atoms with van der Waals surface area (Å²) >= 11 is 0. The fourth-order valence-corrected chi connectivity index (χ4v) is 1.72. The van der Waals surface area contributed by atoms with Crippen LogP contribution in [-0.4, -0.2) is 5.91 Å². The van der Waals surface area contributed by atoms with Crippen molar-refractivity contribution in [2.45, 2.75) is 0 Å². The number of amides is 1. The first-order valence-corrected chi connectivity index (χ1v) is 5.84. The number of carbonyl (C=O) groups is 1. The maximum atomic E-state index is 12.1. The van der Waals surface area contributed by atoms with E-state index in [1.165, 1.54) is 0 Å². The lowest BCUT2D eigenvalue weighted by Crippen LogP contribution is -2.13. The molecule has 4 heteroatoms. The van der Waals surface area contributed by atoms with Gasteiger partial charge in [-0.15, -0.1) is 0 Å². The lowest BCUT2D eigenvalue weighted by atomic mass is 10.1. The highest BCUT2D eigenvalue weighted by atomic mass is 16.1. The van der Waals surface area contributed by atoms with Crippen LogP contribution in [0.2, 0.25) is 0 Å². The number of hydrogen-bond acceptors (Lipinski definition) is 3. The van der Waals surface area contributed by atoms with Gasteiger partial charge in [-0.05, 0) is 35.9 Å². The van der Waals surface area contributed by atoms with E-state index in [0.717, 1.165) is 11.3 Å². The van der Waals surface area contributed by atoms with Crippen molar-refractivity contribution in [1.82, 2.24) is 0 Å². The Kier molecular flexibility index (Phi) is 3.95. The van der Waals surface area contributed by atoms with Crippen molar-refractivity contribution in [3.63, 3.8) is 0 Å². The van der Waals surface area contributed by atoms with E-state index in [9.17, 15) is 4.79 Å². The zero-order valence-electron chi connectivity index (χ0n) is 10.4. The number of carbonyl (C=O) groups excluding carboxylic acids is 1. The third-order valence-electron chi connectivity index (χ3n) is 2.72. The molecule has 0 heterocycles. The molecule has 4 N–H and O–H groups in total. The maximum absolute atomic E-state index is 12.1. The van der Waals surface area contributed by atoms with E-state index < -0.39 is 0 Å². The smallest absolute Gasteiger partial charge is 0.255 e. The molecule has 0 radical (unpaired) electrons. The summed E-state index contributed by atoms with van der Waals surface area (Å²) in [5.41, 5.74) is 5.42. The highest BCUT2D eigenvalue weighted by Gasteiger charge is 2.07. The van der Waals surface area contributed by atoms with E-state index in [1.54, 1.807) is 30.3 Å². The van der Waals surface area contributed by atoms with Crippen LogP contribution in [0.3, 0.4) is 0 Å². The van der Waals surface area contributed by atoms with Gasteiger partial charge in [-0.3, -0.25) is 10.6 Å². The summed E-state index contributed by atoms with van der Waals surface area (Å²) in [6.07, 6.45) is 1.67. The minimum atomic E-state index is -0.155. The Morgan fingerprint density at radius 3 is 2.53 bits per heavy atom. The predicted octanol–water partition coefficient (Wildman–Crippen LogP) is 2.87. The Morgan fingerprint density at radius 1 is 1.16 bits per heavy atom. The molecular formula is C15H15N3O. The molecule has 0 spiro atoms. The van der Waals surface area contributed by atoms with Gasteiger partial charge < -0.3 is 10.7 Å². The van der Waals surface area contributed by atoms with Crippen LogP contribution in [0.5, 0.6) is 0 Å². The van der Waals surface area contributed by atoms with Crippen LogP contribution >= 0.6 is 0 Å². The lowest BCUT2D eigenvalue weighted by molar-refractivity contribution is 0.102. The van der Waals surface area contributed by atoms with Crippen molar-refractivity contribution in [2.75, 3.05) is 10.7 Å². The number of hydrazine groups is 1. The van der Waals surface area contributed by atoms with Gasteiger partial charge in [0.25, 0.3) is 5.91 Å². The maximum Gasteiger partial charge on any atom is 0.255 e. The number of hydrogen-bond donors (Lipinski definition) is 3. The molecule has 0 atom stereocenters. The van der Waals surface area contributed by atoms with E-state index in [1.807, 2.05) is 24.3 Å². The highest BCUT2D eigenvalue weighted by molar-refractivity contribution is 6.05. The van der Waals surface area contributed by atoms with E-state index in [2.05, 4.69) is 17.3 Å². The zero-order valence-corrected chi connectivity index (χ0v) is 10.4. The minimum Gasteiger partial charge on any atom is -0.324 e. The van der Waals surface area contributed by atoms with Crippen molar-refractivity contribution < 1.29 is 4.79 Å². The number of anilines is 2. The summed E-state index contributed by atoms with van der Waals surface area (Å²) in [6, 6.07) is 14.4. The Balaban J connectivity index is 2.24. The Morgan fingerprint density at radius 2 is 1.89 bits per heavy atom. The van der Waals surface area contributed by atoms with Gasteiger partial charge in [0.15, 0.2) is 0 Å². The third kappa shape index (κ3) is 3.00. The second-order valence-corrected chi connectivity index (χ2v) is 3.97. The molecule has 19 heavy (non-hydrogen) atoms. The monoisotopic (exact) mass is 253 g/mol. The van der Waals surface area contributed by atoms with Crippen molar-refractivity contribution in [2.24, 2.45) is 5.84 Å². The Hall–Kier alpha value is -2.59. The van der Waals surface area contributed by atoms with Crippen LogP contribution in [0.4, 0.5) is 11.4 Å². The molecule has 0 saturated heterocycles. The summed E-state index contributed by atoms with van der Waals surface area (Å²) in [5.74, 6) is 5.19. The SMILES string of the molecule is C=Cc1cc(NN)ccc1NC(=O)c1ccccc1. The summed E-state index contributed by atoms with van der Waals surface area (Å²) in [5, 5.41) is 2.85. The normalized spacial score (nSPS) is 9.74. The van der Waals surface area contributed by atoms with E-state index in [0.29, 0.717) is 11.3 Å². The second kappa shape index (κ2) is 5.84. The van der Waals surface area contributed by atoms with Crippen molar-refractivity contribution in [1.29, 1.82) is 0 Å². The van der Waals surface area contributed by atoms with Crippen LogP contribution < -0.4 is 16.6 Å². The highest BCUT2D eigenvalue weighted by Crippen LogP contribution is 2.21. The van der Waals surface area contributed by atoms with Gasteiger partial charge in [0.2, 0.25) is 0 Å². The van der Waals surface area contributed by atoms with E-state index in [-0.39, 0.29) is 5.91 Å². The number of rotatable bonds is 4. The van der Waals surface area contributed by atoms with Gasteiger partial charge in [0.05, 0.1) is 0 Å². The lowest BCUT2D eigenvalue weighted by Gasteiger charge is -2.10. The Labute approximate surface area is 111 Å². The fourth-order valence-electron chi connectivity index (χ4n) is 1.72. The number of nitrogens with two attached hydrogens (primary N) is 1. The van der Waals surface area contributed by atoms with Gasteiger partial charge >= 0.3 is 0 Å². The topological polar surface area (TPSA) is 67.2 Å². The van der Waals surface area contributed by atoms with Crippen LogP contribution in [0.25, 0.3) is 6.08 Å². The molecule has 2 rings (SSSR count). The molecule has 0 aliphatic carbocycles. The predicted molar refractivity (Wildman–Crippen MR) is 78.7 cm³/mol. The molecule has 0 saturated carbocycles. The molecule has 0 unspecified atom stereocenters. The van der Waals surface area contributed by atoms with Crippen molar-refractivity contribution >= 4 is 23.4 Å². The summed E-state index contributed by atoms with van der Waals surface area (Å²) in [6.45, 7) is 3.73. The van der Waals surface area contributed by atoms with Gasteiger partial charge in [-0.2, -0.15) is 0 Å². The third-order valence-corrected chi connectivity index (χ3v) is 2.72. The molecular weight excluding hydrogens is 238 g/mol. The molecule has 0 bridgehead atoms. The van der Waals surface area contributed by atoms with Gasteiger partial charge in [-0.1, -0.05) is 30.9 Å². The van der Waals surface area contributed by atoms with E-state index in [4.69, 9.17) is 5.84 Å². The number of nitrogens with one attached hydrogen (secondary N) is 2. The van der Waals surface area contributed by atoms with Crippen LogP contribution in [-0.2, 0) is 0 Å². The molecule has 2 aromatic carbocycles. The standard InChI is InChI=1S/C15H15N3O/c1-2-11-10-13(18-16)8-9-14(11)17-15(19)12-6-4-3-5-7-12/h2-10,18H,1,16H2,(H,17,19). The van der Waals surface area contributed by atoms with Crippen LogP contribution in [0.1, 0.15) is 15.9 Å². The first-order chi connectivity index (χ1) is 9.24. The van der Waals surface area contributed by atoms with Gasteiger partial charge in [-0.25, -0.2) is 0 Å². The Bertz CT molecular complexity index is 594. The molecule has 2 aromatic rings. The number of benzene rings is 2. The quantitative estimate of drug-likeness (QED) is 0.579. The molecule has 1 amide bonds. The van der Waals surface area contributed by atoms with E-state index >= 15 is 0 Å². The van der Waals surface area contributed by atoms with Gasteiger partial charge in [0, 0.05) is 16.9 Å². The number of nitrogen functional groups attached to an aromatic ring is 1. The summed E-state index contributed by atoms with van der Waals surface area (Å²) in [7, 11) is 0.